The summed E-state index contributed by atoms with van der Waals surface area (Å²) >= 11 is 2.54. The van der Waals surface area contributed by atoms with E-state index >= 15 is 0 Å². The Hall–Kier alpha value is -2.78. The predicted octanol–water partition coefficient (Wildman–Crippen LogP) is 2.58. The van der Waals surface area contributed by atoms with Crippen molar-refractivity contribution in [2.24, 2.45) is 5.73 Å². The first-order valence-electron chi connectivity index (χ1n) is 8.01. The second-order valence-electron chi connectivity index (χ2n) is 5.40. The van der Waals surface area contributed by atoms with Crippen LogP contribution >= 0.6 is 23.5 Å². The van der Waals surface area contributed by atoms with Gasteiger partial charge in [-0.3, -0.25) is 9.59 Å². The van der Waals surface area contributed by atoms with Crippen LogP contribution < -0.4 is 11.1 Å². The molecule has 1 aromatic heterocycles. The van der Waals surface area contributed by atoms with E-state index in [0.717, 1.165) is 10.6 Å². The number of rotatable bonds is 8. The van der Waals surface area contributed by atoms with Gasteiger partial charge in [0.1, 0.15) is 6.33 Å². The normalized spacial score (nSPS) is 10.5. The van der Waals surface area contributed by atoms with Gasteiger partial charge in [-0.15, -0.1) is 16.9 Å². The first-order chi connectivity index (χ1) is 13.1. The number of carbonyl (C=O) groups excluding carboxylic acids is 2. The molecule has 7 nitrogen and oxygen atoms in total. The van der Waals surface area contributed by atoms with E-state index in [4.69, 9.17) is 5.73 Å². The molecule has 2 aromatic carbocycles. The Morgan fingerprint density at radius 1 is 1.00 bits per heavy atom. The number of hydrogen-bond donors (Lipinski definition) is 2. The van der Waals surface area contributed by atoms with Crippen LogP contribution in [0.2, 0.25) is 0 Å². The molecule has 1 heterocycles. The lowest BCUT2D eigenvalue weighted by Gasteiger charge is -2.09. The first-order valence-corrected chi connectivity index (χ1v) is 9.99. The second-order valence-corrected chi connectivity index (χ2v) is 7.35. The van der Waals surface area contributed by atoms with Crippen LogP contribution in [0.25, 0.3) is 5.69 Å². The van der Waals surface area contributed by atoms with Crippen molar-refractivity contribution in [3.8, 4) is 5.69 Å². The van der Waals surface area contributed by atoms with Gasteiger partial charge in [0.25, 0.3) is 0 Å². The molecular weight excluding hydrogens is 382 g/mol. The third-order valence-electron chi connectivity index (χ3n) is 3.36. The van der Waals surface area contributed by atoms with Gasteiger partial charge in [-0.25, -0.2) is 9.67 Å². The fourth-order valence-corrected chi connectivity index (χ4v) is 3.53. The van der Waals surface area contributed by atoms with E-state index in [-0.39, 0.29) is 17.4 Å². The molecule has 0 aliphatic rings. The molecule has 0 aliphatic heterocycles. The Morgan fingerprint density at radius 2 is 1.74 bits per heavy atom. The van der Waals surface area contributed by atoms with E-state index in [0.29, 0.717) is 10.8 Å². The van der Waals surface area contributed by atoms with Crippen LogP contribution in [-0.4, -0.2) is 38.1 Å². The Labute approximate surface area is 164 Å². The van der Waals surface area contributed by atoms with Crippen LogP contribution in [0.5, 0.6) is 0 Å². The van der Waals surface area contributed by atoms with E-state index in [1.807, 2.05) is 48.5 Å². The zero-order chi connectivity index (χ0) is 19.1. The minimum absolute atomic E-state index is 0.155. The van der Waals surface area contributed by atoms with Gasteiger partial charge in [-0.1, -0.05) is 42.1 Å². The van der Waals surface area contributed by atoms with E-state index in [1.54, 1.807) is 17.1 Å². The summed E-state index contributed by atoms with van der Waals surface area (Å²) in [6.45, 7) is 0. The molecule has 0 fully saturated rings. The molecule has 138 valence electrons. The van der Waals surface area contributed by atoms with Crippen LogP contribution in [0.15, 0.2) is 71.0 Å². The van der Waals surface area contributed by atoms with Crippen molar-refractivity contribution in [3.63, 3.8) is 0 Å². The fraction of sp³-hybridized carbons (Fsp3) is 0.111. The Bertz CT molecular complexity index is 930. The molecule has 0 unspecified atom stereocenters. The van der Waals surface area contributed by atoms with Gasteiger partial charge in [-0.05, 0) is 24.3 Å². The van der Waals surface area contributed by atoms with Gasteiger partial charge in [-0.2, -0.15) is 0 Å². The van der Waals surface area contributed by atoms with Gasteiger partial charge in [0.15, 0.2) is 0 Å². The van der Waals surface area contributed by atoms with Crippen molar-refractivity contribution >= 4 is 41.0 Å². The second kappa shape index (κ2) is 9.24. The molecule has 0 saturated carbocycles. The van der Waals surface area contributed by atoms with Crippen LogP contribution in [0.4, 0.5) is 5.69 Å². The highest BCUT2D eigenvalue weighted by molar-refractivity contribution is 8.00. The van der Waals surface area contributed by atoms with Gasteiger partial charge in [0.2, 0.25) is 17.0 Å². The van der Waals surface area contributed by atoms with E-state index < -0.39 is 5.91 Å². The van der Waals surface area contributed by atoms with Crippen LogP contribution in [0, 0.1) is 0 Å². The van der Waals surface area contributed by atoms with Crippen molar-refractivity contribution in [1.82, 2.24) is 14.8 Å². The SMILES string of the molecule is NC(=O)CSc1ccccc1NC(=O)CSc1ncn(-c2ccccc2)n1. The van der Waals surface area contributed by atoms with Gasteiger partial charge in [0.05, 0.1) is 22.9 Å². The van der Waals surface area contributed by atoms with Crippen LogP contribution in [0.3, 0.4) is 0 Å². The molecular formula is C18H17N5O2S2. The molecule has 27 heavy (non-hydrogen) atoms. The molecule has 0 spiro atoms. The van der Waals surface area contributed by atoms with Crippen LogP contribution in [-0.2, 0) is 9.59 Å². The van der Waals surface area contributed by atoms with Crippen molar-refractivity contribution in [2.45, 2.75) is 10.1 Å². The summed E-state index contributed by atoms with van der Waals surface area (Å²) in [6.07, 6.45) is 1.62. The molecule has 0 saturated heterocycles. The van der Waals surface area contributed by atoms with Gasteiger partial charge < -0.3 is 11.1 Å². The number of nitrogens with zero attached hydrogens (tertiary/aromatic N) is 3. The summed E-state index contributed by atoms with van der Waals surface area (Å²) in [5.74, 6) is -0.254. The number of primary amides is 1. The largest absolute Gasteiger partial charge is 0.369 e. The molecule has 0 aliphatic carbocycles. The number of nitrogens with one attached hydrogen (secondary N) is 1. The van der Waals surface area contributed by atoms with Gasteiger partial charge >= 0.3 is 0 Å². The number of thioether (sulfide) groups is 2. The van der Waals surface area contributed by atoms with Crippen molar-refractivity contribution in [1.29, 1.82) is 0 Å². The summed E-state index contributed by atoms with van der Waals surface area (Å²) in [6, 6.07) is 16.9. The maximum atomic E-state index is 12.3. The van der Waals surface area contributed by atoms with Crippen molar-refractivity contribution in [2.75, 3.05) is 16.8 Å². The number of anilines is 1. The van der Waals surface area contributed by atoms with E-state index in [9.17, 15) is 9.59 Å². The molecule has 9 heteroatoms. The van der Waals surface area contributed by atoms with E-state index in [1.165, 1.54) is 23.5 Å². The Balaban J connectivity index is 1.56. The minimum Gasteiger partial charge on any atom is -0.369 e. The quantitative estimate of drug-likeness (QED) is 0.565. The average Bonchev–Trinajstić information content (AvgIpc) is 3.15. The summed E-state index contributed by atoms with van der Waals surface area (Å²) in [5, 5.41) is 7.73. The summed E-state index contributed by atoms with van der Waals surface area (Å²) in [5.41, 5.74) is 6.74. The smallest absolute Gasteiger partial charge is 0.234 e. The zero-order valence-electron chi connectivity index (χ0n) is 14.2. The maximum Gasteiger partial charge on any atom is 0.234 e. The number of nitrogens with two attached hydrogens (primary N) is 1. The summed E-state index contributed by atoms with van der Waals surface area (Å²) < 4.78 is 1.66. The number of amides is 2. The topological polar surface area (TPSA) is 103 Å². The molecule has 0 bridgehead atoms. The van der Waals surface area contributed by atoms with E-state index in [2.05, 4.69) is 15.4 Å². The monoisotopic (exact) mass is 399 g/mol. The fourth-order valence-electron chi connectivity index (χ4n) is 2.18. The number of aromatic nitrogens is 3. The highest BCUT2D eigenvalue weighted by atomic mass is 32.2. The Morgan fingerprint density at radius 3 is 2.52 bits per heavy atom. The van der Waals surface area contributed by atoms with Crippen LogP contribution in [0.1, 0.15) is 0 Å². The van der Waals surface area contributed by atoms with Gasteiger partial charge in [0, 0.05) is 4.90 Å². The lowest BCUT2D eigenvalue weighted by atomic mass is 10.3. The standard InChI is InChI=1S/C18H17N5O2S2/c19-16(24)10-26-15-9-5-4-8-14(15)21-17(25)11-27-18-20-12-23(22-18)13-6-2-1-3-7-13/h1-9,12H,10-11H2,(H2,19,24)(H,21,25). The lowest BCUT2D eigenvalue weighted by Crippen LogP contribution is -2.16. The third-order valence-corrected chi connectivity index (χ3v) is 5.30. The molecule has 0 atom stereocenters. The number of hydrogen-bond acceptors (Lipinski definition) is 6. The minimum atomic E-state index is -0.406. The number of para-hydroxylation sites is 2. The van der Waals surface area contributed by atoms with Crippen molar-refractivity contribution in [3.05, 3.63) is 60.9 Å². The highest BCUT2D eigenvalue weighted by Gasteiger charge is 2.10. The summed E-state index contributed by atoms with van der Waals surface area (Å²) in [4.78, 5) is 28.2. The first kappa shape index (κ1) is 19.0. The predicted molar refractivity (Wildman–Crippen MR) is 107 cm³/mol. The summed E-state index contributed by atoms with van der Waals surface area (Å²) in [7, 11) is 0. The average molecular weight is 400 g/mol. The van der Waals surface area contributed by atoms with Crippen molar-refractivity contribution < 1.29 is 9.59 Å². The third kappa shape index (κ3) is 5.60. The lowest BCUT2D eigenvalue weighted by molar-refractivity contribution is -0.115. The molecule has 3 N–H and O–H groups in total. The zero-order valence-corrected chi connectivity index (χ0v) is 15.9. The number of benzene rings is 2. The molecule has 2 amide bonds. The molecule has 0 radical (unpaired) electrons. The highest BCUT2D eigenvalue weighted by Crippen LogP contribution is 2.27. The Kier molecular flexibility index (Phi) is 6.50. The molecule has 3 rings (SSSR count). The molecule has 3 aromatic rings. The number of carbonyl (C=O) groups is 2. The maximum absolute atomic E-state index is 12.3.